The molecule has 1 atom stereocenters. The SMILES string of the molecule is NN(C(=O)O)C1CCCN(c2c(Br)cnc3[nH]cc(NC(=O)c4cccnc4)c23)C1. The predicted octanol–water partition coefficient (Wildman–Crippen LogP) is 2.80. The van der Waals surface area contributed by atoms with E-state index in [0.717, 1.165) is 33.5 Å². The van der Waals surface area contributed by atoms with Gasteiger partial charge in [-0.05, 0) is 40.9 Å². The first kappa shape index (κ1) is 20.1. The Morgan fingerprint density at radius 1 is 1.40 bits per heavy atom. The third-order valence-electron chi connectivity index (χ3n) is 5.13. The van der Waals surface area contributed by atoms with E-state index in [9.17, 15) is 14.7 Å². The topological polar surface area (TPSA) is 140 Å². The van der Waals surface area contributed by atoms with Gasteiger partial charge in [-0.3, -0.25) is 9.78 Å². The summed E-state index contributed by atoms with van der Waals surface area (Å²) in [6.07, 6.45) is 6.78. The maximum atomic E-state index is 12.6. The number of halogens is 1. The Labute approximate surface area is 180 Å². The maximum Gasteiger partial charge on any atom is 0.421 e. The van der Waals surface area contributed by atoms with Crippen molar-refractivity contribution in [2.24, 2.45) is 5.84 Å². The minimum absolute atomic E-state index is 0.287. The molecule has 0 radical (unpaired) electrons. The molecule has 5 N–H and O–H groups in total. The van der Waals surface area contributed by atoms with Crippen LogP contribution in [0.4, 0.5) is 16.2 Å². The molecule has 30 heavy (non-hydrogen) atoms. The smallest absolute Gasteiger partial charge is 0.421 e. The molecule has 0 aromatic carbocycles. The Balaban J connectivity index is 1.70. The van der Waals surface area contributed by atoms with Gasteiger partial charge in [0.25, 0.3) is 5.91 Å². The van der Waals surface area contributed by atoms with E-state index in [4.69, 9.17) is 5.84 Å². The van der Waals surface area contributed by atoms with E-state index in [2.05, 4.69) is 41.1 Å². The third-order valence-corrected chi connectivity index (χ3v) is 5.71. The van der Waals surface area contributed by atoms with Crippen molar-refractivity contribution in [2.45, 2.75) is 18.9 Å². The lowest BCUT2D eigenvalue weighted by Gasteiger charge is -2.38. The van der Waals surface area contributed by atoms with Crippen LogP contribution in [-0.2, 0) is 0 Å². The largest absolute Gasteiger partial charge is 0.464 e. The molecule has 1 saturated heterocycles. The van der Waals surface area contributed by atoms with Crippen LogP contribution >= 0.6 is 15.9 Å². The Bertz CT molecular complexity index is 1090. The summed E-state index contributed by atoms with van der Waals surface area (Å²) in [6, 6.07) is 3.05. The highest BCUT2D eigenvalue weighted by atomic mass is 79.9. The van der Waals surface area contributed by atoms with Crippen LogP contribution in [0.2, 0.25) is 0 Å². The third kappa shape index (κ3) is 3.81. The second-order valence-corrected chi connectivity index (χ2v) is 7.86. The van der Waals surface area contributed by atoms with Crippen molar-refractivity contribution < 1.29 is 14.7 Å². The van der Waals surface area contributed by atoms with Crippen LogP contribution in [0, 0.1) is 0 Å². The molecule has 0 bridgehead atoms. The van der Waals surface area contributed by atoms with Crippen LogP contribution in [0.25, 0.3) is 11.0 Å². The molecule has 0 aliphatic carbocycles. The monoisotopic (exact) mass is 473 g/mol. The zero-order valence-corrected chi connectivity index (χ0v) is 17.5. The highest BCUT2D eigenvalue weighted by Crippen LogP contribution is 2.39. The maximum absolute atomic E-state index is 12.6. The number of carbonyl (C=O) groups excluding carboxylic acids is 1. The summed E-state index contributed by atoms with van der Waals surface area (Å²) in [5.41, 5.74) is 2.45. The number of carboxylic acid groups (broad SMARTS) is 1. The predicted molar refractivity (Wildman–Crippen MR) is 115 cm³/mol. The van der Waals surface area contributed by atoms with Gasteiger partial charge >= 0.3 is 6.09 Å². The van der Waals surface area contributed by atoms with E-state index in [1.54, 1.807) is 30.7 Å². The van der Waals surface area contributed by atoms with Crippen LogP contribution in [-0.4, -0.2) is 56.2 Å². The van der Waals surface area contributed by atoms with Crippen LogP contribution in [0.5, 0.6) is 0 Å². The number of amides is 2. The molecule has 0 spiro atoms. The van der Waals surface area contributed by atoms with Gasteiger partial charge < -0.3 is 20.3 Å². The standard InChI is InChI=1S/C19H20BrN7O3/c20-13-8-23-17-15(14(9-24-17)25-18(28)11-3-1-5-22-7-11)16(13)26-6-2-4-12(10-26)27(21)19(29)30/h1,3,5,7-9,12H,2,4,6,10,21H2,(H,23,24)(H,25,28)(H,29,30). The number of aromatic amines is 1. The van der Waals surface area contributed by atoms with Crippen molar-refractivity contribution >= 4 is 50.3 Å². The molecule has 1 unspecified atom stereocenters. The number of carbonyl (C=O) groups is 2. The van der Waals surface area contributed by atoms with Gasteiger partial charge in [-0.25, -0.2) is 20.6 Å². The van der Waals surface area contributed by atoms with Gasteiger partial charge in [0.15, 0.2) is 0 Å². The Morgan fingerprint density at radius 2 is 2.23 bits per heavy atom. The number of nitrogens with zero attached hydrogens (tertiary/aromatic N) is 4. The van der Waals surface area contributed by atoms with Crippen molar-refractivity contribution in [3.63, 3.8) is 0 Å². The number of piperidine rings is 1. The lowest BCUT2D eigenvalue weighted by molar-refractivity contribution is 0.102. The van der Waals surface area contributed by atoms with Crippen molar-refractivity contribution in [3.05, 3.63) is 47.0 Å². The van der Waals surface area contributed by atoms with E-state index in [-0.39, 0.29) is 11.9 Å². The minimum atomic E-state index is -1.16. The number of nitrogens with one attached hydrogen (secondary N) is 2. The lowest BCUT2D eigenvalue weighted by atomic mass is 10.0. The molecule has 4 rings (SSSR count). The van der Waals surface area contributed by atoms with Crippen molar-refractivity contribution in [1.82, 2.24) is 20.0 Å². The molecule has 2 amide bonds. The average Bonchev–Trinajstić information content (AvgIpc) is 3.16. The molecule has 1 aliphatic heterocycles. The van der Waals surface area contributed by atoms with Crippen molar-refractivity contribution in [1.29, 1.82) is 0 Å². The Morgan fingerprint density at radius 3 is 2.97 bits per heavy atom. The van der Waals surface area contributed by atoms with E-state index in [1.807, 2.05) is 0 Å². The van der Waals surface area contributed by atoms with Gasteiger partial charge in [-0.1, -0.05) is 0 Å². The van der Waals surface area contributed by atoms with E-state index < -0.39 is 6.09 Å². The molecule has 11 heteroatoms. The first-order chi connectivity index (χ1) is 14.5. The van der Waals surface area contributed by atoms with Crippen LogP contribution in [0.3, 0.4) is 0 Å². The van der Waals surface area contributed by atoms with E-state index in [1.165, 1.54) is 6.20 Å². The van der Waals surface area contributed by atoms with Gasteiger partial charge in [-0.15, -0.1) is 0 Å². The summed E-state index contributed by atoms with van der Waals surface area (Å²) in [6.45, 7) is 1.16. The molecule has 1 fully saturated rings. The quantitative estimate of drug-likeness (QED) is 0.259. The molecule has 10 nitrogen and oxygen atoms in total. The van der Waals surface area contributed by atoms with Crippen LogP contribution < -0.4 is 16.1 Å². The Hall–Kier alpha value is -3.18. The molecule has 156 valence electrons. The lowest BCUT2D eigenvalue weighted by Crippen LogP contribution is -2.53. The minimum Gasteiger partial charge on any atom is -0.464 e. The summed E-state index contributed by atoms with van der Waals surface area (Å²) < 4.78 is 0.742. The molecule has 3 aromatic rings. The first-order valence-corrected chi connectivity index (χ1v) is 10.1. The Kier molecular flexibility index (Phi) is 5.55. The number of nitrogens with two attached hydrogens (primary N) is 1. The highest BCUT2D eigenvalue weighted by Gasteiger charge is 2.29. The van der Waals surface area contributed by atoms with Crippen molar-refractivity contribution in [3.8, 4) is 0 Å². The molecular weight excluding hydrogens is 454 g/mol. The molecule has 4 heterocycles. The van der Waals surface area contributed by atoms with Gasteiger partial charge in [0.2, 0.25) is 0 Å². The van der Waals surface area contributed by atoms with Crippen molar-refractivity contribution in [2.75, 3.05) is 23.3 Å². The summed E-state index contributed by atoms with van der Waals surface area (Å²) >= 11 is 3.57. The molecule has 3 aromatic heterocycles. The van der Waals surface area contributed by atoms with Gasteiger partial charge in [0, 0.05) is 37.9 Å². The zero-order chi connectivity index (χ0) is 21.3. The number of rotatable bonds is 4. The number of hydrogen-bond acceptors (Lipinski definition) is 6. The summed E-state index contributed by atoms with van der Waals surface area (Å²) in [5, 5.41) is 13.8. The van der Waals surface area contributed by atoms with E-state index in [0.29, 0.717) is 29.9 Å². The van der Waals surface area contributed by atoms with Gasteiger partial charge in [-0.2, -0.15) is 0 Å². The molecule has 1 aliphatic rings. The second kappa shape index (κ2) is 8.28. The van der Waals surface area contributed by atoms with E-state index >= 15 is 0 Å². The normalized spacial score (nSPS) is 16.5. The number of H-pyrrole nitrogens is 1. The average molecular weight is 474 g/mol. The van der Waals surface area contributed by atoms with Crippen LogP contribution in [0.1, 0.15) is 23.2 Å². The summed E-state index contributed by atoms with van der Waals surface area (Å²) in [7, 11) is 0. The fourth-order valence-corrected chi connectivity index (χ4v) is 4.25. The number of anilines is 2. The number of hydrazine groups is 1. The number of fused-ring (bicyclic) bond motifs is 1. The summed E-state index contributed by atoms with van der Waals surface area (Å²) in [5.74, 6) is 5.45. The number of pyridine rings is 2. The van der Waals surface area contributed by atoms with Gasteiger partial charge in [0.1, 0.15) is 5.65 Å². The van der Waals surface area contributed by atoms with Gasteiger partial charge in [0.05, 0.1) is 32.8 Å². The first-order valence-electron chi connectivity index (χ1n) is 9.34. The van der Waals surface area contributed by atoms with Crippen LogP contribution in [0.15, 0.2) is 41.4 Å². The number of aromatic nitrogens is 3. The zero-order valence-electron chi connectivity index (χ0n) is 15.9. The fourth-order valence-electron chi connectivity index (χ4n) is 3.70. The summed E-state index contributed by atoms with van der Waals surface area (Å²) in [4.78, 5) is 37.5. The highest BCUT2D eigenvalue weighted by molar-refractivity contribution is 9.10. The fraction of sp³-hybridized carbons (Fsp3) is 0.263. The number of hydrogen-bond donors (Lipinski definition) is 4. The molecule has 0 saturated carbocycles. The second-order valence-electron chi connectivity index (χ2n) is 7.01. The molecular formula is C19H20BrN7O3.